The first-order chi connectivity index (χ1) is 21.8. The molecule has 2 aromatic heterocycles. The van der Waals surface area contributed by atoms with Crippen molar-refractivity contribution >= 4 is 33.8 Å². The van der Waals surface area contributed by atoms with Crippen LogP contribution in [0.4, 0.5) is 10.1 Å². The molecule has 226 valence electrons. The van der Waals surface area contributed by atoms with Gasteiger partial charge in [0.1, 0.15) is 11.6 Å². The third-order valence-corrected chi connectivity index (χ3v) is 9.82. The Morgan fingerprint density at radius 3 is 2.80 bits per heavy atom. The van der Waals surface area contributed by atoms with Crippen molar-refractivity contribution in [2.24, 2.45) is 0 Å². The van der Waals surface area contributed by atoms with E-state index in [4.69, 9.17) is 19.7 Å². The summed E-state index contributed by atoms with van der Waals surface area (Å²) < 4.78 is 29.8. The van der Waals surface area contributed by atoms with Gasteiger partial charge in [-0.05, 0) is 61.9 Å². The monoisotopic (exact) mass is 620 g/mol. The van der Waals surface area contributed by atoms with Gasteiger partial charge in [-0.2, -0.15) is 5.26 Å². The van der Waals surface area contributed by atoms with Gasteiger partial charge < -0.3 is 18.9 Å². The number of fused-ring (bicyclic) bond motifs is 3. The highest BCUT2D eigenvalue weighted by Crippen LogP contribution is 2.52. The molecule has 2 fully saturated rings. The Morgan fingerprint density at radius 2 is 2.02 bits per heavy atom. The van der Waals surface area contributed by atoms with E-state index in [9.17, 15) is 4.79 Å². The van der Waals surface area contributed by atoms with E-state index in [2.05, 4.69) is 19.4 Å². The number of thiazole rings is 1. The second-order valence-electron chi connectivity index (χ2n) is 11.9. The highest BCUT2D eigenvalue weighted by atomic mass is 32.1. The largest absolute Gasteiger partial charge is 0.444 e. The molecule has 3 aromatic carbocycles. The summed E-state index contributed by atoms with van der Waals surface area (Å²) in [6, 6.07) is 18.5. The SMILES string of the molecule is CC(=O)c1ccc2nc(CN3CCN(c4cccc5c4OC(C)(c4ccc(C#N)cc4F)O5)C4CC43)n(Cc3cncs3)c2c1. The Kier molecular flexibility index (Phi) is 6.41. The van der Waals surface area contributed by atoms with Gasteiger partial charge in [0.15, 0.2) is 17.3 Å². The molecule has 11 heteroatoms. The average molecular weight is 621 g/mol. The number of para-hydroxylation sites is 1. The zero-order chi connectivity index (χ0) is 30.9. The average Bonchev–Trinajstić information content (AvgIpc) is 3.34. The van der Waals surface area contributed by atoms with Crippen molar-refractivity contribution in [3.05, 3.63) is 99.5 Å². The molecule has 1 saturated carbocycles. The topological polar surface area (TPSA) is 96.5 Å². The fraction of sp³-hybridized carbons (Fsp3) is 0.294. The molecule has 5 aromatic rings. The van der Waals surface area contributed by atoms with Crippen molar-refractivity contribution in [1.82, 2.24) is 19.4 Å². The van der Waals surface area contributed by atoms with E-state index >= 15 is 4.39 Å². The van der Waals surface area contributed by atoms with Crippen LogP contribution < -0.4 is 14.4 Å². The van der Waals surface area contributed by atoms with Crippen molar-refractivity contribution < 1.29 is 18.7 Å². The van der Waals surface area contributed by atoms with Crippen LogP contribution in [-0.4, -0.2) is 50.4 Å². The number of ether oxygens (including phenoxy) is 2. The van der Waals surface area contributed by atoms with Gasteiger partial charge in [0.05, 0.1) is 52.5 Å². The van der Waals surface area contributed by atoms with Crippen LogP contribution in [-0.2, 0) is 18.9 Å². The number of hydrogen-bond donors (Lipinski definition) is 0. The van der Waals surface area contributed by atoms with Gasteiger partial charge in [-0.3, -0.25) is 14.7 Å². The van der Waals surface area contributed by atoms with E-state index in [0.29, 0.717) is 42.2 Å². The molecule has 8 rings (SSSR count). The summed E-state index contributed by atoms with van der Waals surface area (Å²) in [7, 11) is 0. The lowest BCUT2D eigenvalue weighted by atomic mass is 10.0. The lowest BCUT2D eigenvalue weighted by molar-refractivity contribution is -0.0705. The molecule has 0 N–H and O–H groups in total. The molecule has 3 atom stereocenters. The van der Waals surface area contributed by atoms with Crippen LogP contribution in [0, 0.1) is 17.1 Å². The smallest absolute Gasteiger partial charge is 0.278 e. The summed E-state index contributed by atoms with van der Waals surface area (Å²) in [6.45, 7) is 6.25. The molecule has 3 aliphatic rings. The number of imidazole rings is 1. The third kappa shape index (κ3) is 4.72. The second-order valence-corrected chi connectivity index (χ2v) is 12.9. The van der Waals surface area contributed by atoms with Crippen LogP contribution in [0.25, 0.3) is 11.0 Å². The predicted octanol–water partition coefficient (Wildman–Crippen LogP) is 5.86. The number of nitriles is 1. The van der Waals surface area contributed by atoms with Gasteiger partial charge in [0.25, 0.3) is 5.79 Å². The van der Waals surface area contributed by atoms with Crippen molar-refractivity contribution in [1.29, 1.82) is 5.26 Å². The van der Waals surface area contributed by atoms with Gasteiger partial charge >= 0.3 is 0 Å². The number of ketones is 1. The standard InChI is InChI=1S/C34H29FN6O3S/c1-20(42)22-7-9-26-28(13-22)41(17-23-16-37-19-45-23)32(38-26)18-39-10-11-40(30-14-29(30)39)27-4-3-5-31-33(27)44-34(2,43-31)24-8-6-21(15-36)12-25(24)35/h3-9,12-13,16,19,29-30H,10-11,14,17-18H2,1-2H3. The quantitative estimate of drug-likeness (QED) is 0.209. The number of anilines is 1. The van der Waals surface area contributed by atoms with E-state index < -0.39 is 11.6 Å². The van der Waals surface area contributed by atoms with Gasteiger partial charge in [-0.1, -0.05) is 6.07 Å². The van der Waals surface area contributed by atoms with E-state index in [0.717, 1.165) is 46.9 Å². The number of piperazine rings is 1. The highest BCUT2D eigenvalue weighted by Gasteiger charge is 2.51. The third-order valence-electron chi connectivity index (χ3n) is 9.05. The number of carbonyl (C=O) groups excluding carboxylic acids is 1. The number of carbonyl (C=O) groups is 1. The Labute approximate surface area is 263 Å². The number of Topliss-reactive ketones (excluding diaryl/α,β-unsaturated/α-hetero) is 1. The summed E-state index contributed by atoms with van der Waals surface area (Å²) in [5, 5.41) is 9.16. The number of hydrogen-bond acceptors (Lipinski definition) is 9. The fourth-order valence-electron chi connectivity index (χ4n) is 6.71. The molecule has 1 saturated heterocycles. The van der Waals surface area contributed by atoms with E-state index in [-0.39, 0.29) is 16.9 Å². The summed E-state index contributed by atoms with van der Waals surface area (Å²) in [6.07, 6.45) is 2.89. The molecule has 1 aliphatic carbocycles. The number of halogens is 1. The van der Waals surface area contributed by atoms with Gasteiger partial charge in [0, 0.05) is 48.7 Å². The minimum absolute atomic E-state index is 0.0325. The molecule has 0 spiro atoms. The molecule has 45 heavy (non-hydrogen) atoms. The van der Waals surface area contributed by atoms with Crippen molar-refractivity contribution in [2.45, 2.75) is 51.2 Å². The Bertz CT molecular complexity index is 2020. The summed E-state index contributed by atoms with van der Waals surface area (Å²) in [5.74, 6) is 0.290. The van der Waals surface area contributed by atoms with Crippen LogP contribution in [0.5, 0.6) is 11.5 Å². The zero-order valence-electron chi connectivity index (χ0n) is 24.7. The molecule has 2 aliphatic heterocycles. The van der Waals surface area contributed by atoms with Crippen molar-refractivity contribution in [3.8, 4) is 17.6 Å². The highest BCUT2D eigenvalue weighted by molar-refractivity contribution is 7.09. The summed E-state index contributed by atoms with van der Waals surface area (Å²) in [5.41, 5.74) is 5.77. The molecule has 9 nitrogen and oxygen atoms in total. The predicted molar refractivity (Wildman–Crippen MR) is 167 cm³/mol. The van der Waals surface area contributed by atoms with Crippen LogP contribution in [0.15, 0.2) is 66.3 Å². The Balaban J connectivity index is 1.04. The maximum Gasteiger partial charge on any atom is 0.278 e. The molecule has 3 unspecified atom stereocenters. The molecule has 0 bridgehead atoms. The zero-order valence-corrected chi connectivity index (χ0v) is 25.6. The second kappa shape index (κ2) is 10.4. The van der Waals surface area contributed by atoms with Crippen molar-refractivity contribution in [3.63, 3.8) is 0 Å². The van der Waals surface area contributed by atoms with Gasteiger partial charge in [-0.25, -0.2) is 9.37 Å². The lowest BCUT2D eigenvalue weighted by Crippen LogP contribution is -2.46. The Hall–Kier alpha value is -4.79. The minimum Gasteiger partial charge on any atom is -0.444 e. The molecular weight excluding hydrogens is 591 g/mol. The van der Waals surface area contributed by atoms with Crippen LogP contribution in [0.1, 0.15) is 52.5 Å². The maximum absolute atomic E-state index is 15.0. The van der Waals surface area contributed by atoms with E-state index in [1.54, 1.807) is 37.3 Å². The summed E-state index contributed by atoms with van der Waals surface area (Å²) in [4.78, 5) is 27.4. The normalized spacial score (nSPS) is 22.0. The first-order valence-electron chi connectivity index (χ1n) is 14.9. The fourth-order valence-corrected chi connectivity index (χ4v) is 7.29. The van der Waals surface area contributed by atoms with Crippen molar-refractivity contribution in [2.75, 3.05) is 18.0 Å². The van der Waals surface area contributed by atoms with E-state index in [1.807, 2.05) is 54.2 Å². The van der Waals surface area contributed by atoms with Gasteiger partial charge in [-0.15, -0.1) is 11.3 Å². The number of aromatic nitrogens is 3. The van der Waals surface area contributed by atoms with E-state index in [1.165, 1.54) is 6.07 Å². The number of nitrogens with zero attached hydrogens (tertiary/aromatic N) is 6. The maximum atomic E-state index is 15.0. The molecule has 0 amide bonds. The van der Waals surface area contributed by atoms with Gasteiger partial charge in [0.2, 0.25) is 0 Å². The number of benzene rings is 3. The first kappa shape index (κ1) is 27.7. The molecular formula is C34H29FN6O3S. The summed E-state index contributed by atoms with van der Waals surface area (Å²) >= 11 is 1.61. The molecule has 4 heterocycles. The Morgan fingerprint density at radius 1 is 1.13 bits per heavy atom. The molecule has 0 radical (unpaired) electrons. The lowest BCUT2D eigenvalue weighted by Gasteiger charge is -2.36. The van der Waals surface area contributed by atoms with Crippen LogP contribution in [0.3, 0.4) is 0 Å². The minimum atomic E-state index is -1.35. The first-order valence-corrected chi connectivity index (χ1v) is 15.8. The van der Waals surface area contributed by atoms with Crippen LogP contribution >= 0.6 is 11.3 Å². The number of rotatable bonds is 7. The van der Waals surface area contributed by atoms with Crippen LogP contribution in [0.2, 0.25) is 0 Å².